The third kappa shape index (κ3) is 4.25. The van der Waals surface area contributed by atoms with Gasteiger partial charge in [-0.2, -0.15) is 4.98 Å². The minimum atomic E-state index is -0.672. The van der Waals surface area contributed by atoms with E-state index in [0.717, 1.165) is 35.0 Å². The third-order valence-corrected chi connectivity index (χ3v) is 5.01. The normalized spacial score (nSPS) is 10.8. The van der Waals surface area contributed by atoms with Crippen molar-refractivity contribution in [2.24, 2.45) is 0 Å². The molecule has 30 heavy (non-hydrogen) atoms. The molecule has 0 amide bonds. The number of aromatic amines is 1. The number of H-pyrrole nitrogens is 1. The number of aromatic hydroxyl groups is 1. The molecule has 156 valence electrons. The van der Waals surface area contributed by atoms with E-state index in [2.05, 4.69) is 15.0 Å². The van der Waals surface area contributed by atoms with Gasteiger partial charge in [-0.05, 0) is 67.6 Å². The zero-order valence-corrected chi connectivity index (χ0v) is 17.7. The van der Waals surface area contributed by atoms with Crippen LogP contribution in [0.3, 0.4) is 0 Å². The predicted molar refractivity (Wildman–Crippen MR) is 118 cm³/mol. The highest BCUT2D eigenvalue weighted by Gasteiger charge is 2.19. The van der Waals surface area contributed by atoms with Gasteiger partial charge in [-0.25, -0.2) is 9.78 Å². The molecule has 0 atom stereocenters. The fraction of sp³-hybridized carbons (Fsp3) is 0.304. The Labute approximate surface area is 174 Å². The summed E-state index contributed by atoms with van der Waals surface area (Å²) < 4.78 is 1.90. The molecule has 0 spiro atoms. The Kier molecular flexibility index (Phi) is 6.30. The van der Waals surface area contributed by atoms with E-state index in [4.69, 9.17) is 0 Å². The van der Waals surface area contributed by atoms with E-state index in [-0.39, 0.29) is 11.4 Å². The van der Waals surface area contributed by atoms with Crippen LogP contribution in [0.1, 0.15) is 37.0 Å². The van der Waals surface area contributed by atoms with Crippen LogP contribution >= 0.6 is 0 Å². The maximum absolute atomic E-state index is 12.3. The Bertz CT molecular complexity index is 1260. The Hall–Kier alpha value is -3.48. The summed E-state index contributed by atoms with van der Waals surface area (Å²) in [5.74, 6) is 0.539. The van der Waals surface area contributed by atoms with E-state index in [9.17, 15) is 14.7 Å². The van der Waals surface area contributed by atoms with Crippen molar-refractivity contribution in [2.45, 2.75) is 47.1 Å². The Morgan fingerprint density at radius 3 is 2.37 bits per heavy atom. The van der Waals surface area contributed by atoms with Gasteiger partial charge in [-0.3, -0.25) is 9.78 Å². The van der Waals surface area contributed by atoms with Gasteiger partial charge in [-0.1, -0.05) is 26.0 Å². The summed E-state index contributed by atoms with van der Waals surface area (Å²) in [5.41, 5.74) is 3.80. The Morgan fingerprint density at radius 2 is 1.67 bits per heavy atom. The number of phenolic OH excluding ortho intramolecular Hbond substituents is 1. The van der Waals surface area contributed by atoms with E-state index in [0.29, 0.717) is 17.9 Å². The first kappa shape index (κ1) is 21.2. The molecule has 0 bridgehead atoms. The fourth-order valence-corrected chi connectivity index (χ4v) is 3.38. The van der Waals surface area contributed by atoms with E-state index in [1.165, 1.54) is 0 Å². The number of benzene rings is 2. The zero-order valence-electron chi connectivity index (χ0n) is 17.7. The van der Waals surface area contributed by atoms with Gasteiger partial charge < -0.3 is 9.67 Å². The average molecular weight is 406 g/mol. The molecule has 0 aromatic heterocycles. The number of hydrogen-bond donors (Lipinski definition) is 2. The molecule has 4 rings (SSSR count). The largest absolute Gasteiger partial charge is 0.508 e. The highest BCUT2D eigenvalue weighted by atomic mass is 16.3. The van der Waals surface area contributed by atoms with Crippen molar-refractivity contribution >= 4 is 11.0 Å². The molecule has 2 heterocycles. The Morgan fingerprint density at radius 1 is 1.00 bits per heavy atom. The molecule has 0 fully saturated rings. The smallest absolute Gasteiger partial charge is 0.349 e. The topological polar surface area (TPSA) is 101 Å². The summed E-state index contributed by atoms with van der Waals surface area (Å²) in [6.45, 7) is 8.60. The average Bonchev–Trinajstić information content (AvgIpc) is 2.72. The monoisotopic (exact) mass is 406 g/mol. The number of aromatic nitrogens is 4. The lowest BCUT2D eigenvalue weighted by atomic mass is 10.1. The molecule has 2 aromatic rings. The number of hydrogen-bond acceptors (Lipinski definition) is 5. The summed E-state index contributed by atoms with van der Waals surface area (Å²) in [6, 6.07) is 11.1. The number of nitrogens with one attached hydrogen (secondary N) is 1. The van der Waals surface area contributed by atoms with Crippen LogP contribution in [0.2, 0.25) is 0 Å². The van der Waals surface area contributed by atoms with Crippen molar-refractivity contribution in [3.8, 4) is 17.3 Å². The molecule has 2 aromatic carbocycles. The van der Waals surface area contributed by atoms with Crippen LogP contribution in [0.5, 0.6) is 5.75 Å². The van der Waals surface area contributed by atoms with Crippen molar-refractivity contribution < 1.29 is 5.11 Å². The van der Waals surface area contributed by atoms with Gasteiger partial charge >= 0.3 is 5.69 Å². The van der Waals surface area contributed by atoms with E-state index in [1.807, 2.05) is 56.5 Å². The standard InChI is InChI=1S/C21H20N4O3.C2H6/c1-12-10-16-17(11-13(12)2)25(9-3-4-14-5-7-15(26)8-6-14)19-18(22-16)20(27)24-21(28)23-19;1-2/h5-8,10-11,26H,3-4,9H2,1-2H3,(H,24,27,28);1-2H3. The third-order valence-electron chi connectivity index (χ3n) is 5.01. The first-order valence-corrected chi connectivity index (χ1v) is 10.1. The van der Waals surface area contributed by atoms with Crippen molar-refractivity contribution in [2.75, 3.05) is 0 Å². The summed E-state index contributed by atoms with van der Waals surface area (Å²) in [4.78, 5) is 34.8. The lowest BCUT2D eigenvalue weighted by molar-refractivity contribution is 0.475. The molecule has 0 radical (unpaired) electrons. The maximum atomic E-state index is 12.3. The molecule has 7 nitrogen and oxygen atoms in total. The van der Waals surface area contributed by atoms with E-state index < -0.39 is 11.2 Å². The lowest BCUT2D eigenvalue weighted by Gasteiger charge is -2.17. The molecular formula is C23H26N4O3. The van der Waals surface area contributed by atoms with Crippen LogP contribution in [-0.2, 0) is 13.0 Å². The number of nitrogens with zero attached hydrogens (tertiary/aromatic N) is 3. The molecular weight excluding hydrogens is 380 g/mol. The summed E-state index contributed by atoms with van der Waals surface area (Å²) in [6.07, 6.45) is 1.57. The molecule has 2 aliphatic heterocycles. The van der Waals surface area contributed by atoms with Gasteiger partial charge in [0.25, 0.3) is 5.56 Å². The molecule has 0 aliphatic carbocycles. The van der Waals surface area contributed by atoms with Gasteiger partial charge in [0.05, 0.1) is 11.0 Å². The van der Waals surface area contributed by atoms with Gasteiger partial charge in [0.2, 0.25) is 0 Å². The van der Waals surface area contributed by atoms with Crippen LogP contribution in [0.4, 0.5) is 0 Å². The van der Waals surface area contributed by atoms with Crippen molar-refractivity contribution in [1.82, 2.24) is 19.5 Å². The quantitative estimate of drug-likeness (QED) is 0.505. The van der Waals surface area contributed by atoms with Crippen molar-refractivity contribution in [1.29, 1.82) is 0 Å². The second-order valence-corrected chi connectivity index (χ2v) is 7.00. The number of fused-ring (bicyclic) bond motifs is 2. The fourth-order valence-electron chi connectivity index (χ4n) is 3.38. The van der Waals surface area contributed by atoms with Crippen LogP contribution < -0.4 is 11.2 Å². The highest BCUT2D eigenvalue weighted by Crippen LogP contribution is 2.24. The molecule has 7 heteroatoms. The molecule has 0 saturated carbocycles. The maximum Gasteiger partial charge on any atom is 0.349 e. The minimum Gasteiger partial charge on any atom is -0.508 e. The summed E-state index contributed by atoms with van der Waals surface area (Å²) in [5, 5.41) is 9.42. The highest BCUT2D eigenvalue weighted by molar-refractivity contribution is 5.81. The number of aryl methyl sites for hydroxylation is 4. The SMILES string of the molecule is CC.Cc1cc2nc3c(=O)[nH]c(=O)nc-3n(CCCc3ccc(O)cc3)c2cc1C. The first-order chi connectivity index (χ1) is 14.4. The van der Waals surface area contributed by atoms with E-state index in [1.54, 1.807) is 12.1 Å². The predicted octanol–water partition coefficient (Wildman–Crippen LogP) is 3.57. The van der Waals surface area contributed by atoms with Crippen LogP contribution in [0.25, 0.3) is 22.6 Å². The van der Waals surface area contributed by atoms with Gasteiger partial charge in [0.1, 0.15) is 5.75 Å². The lowest BCUT2D eigenvalue weighted by Crippen LogP contribution is -2.29. The number of phenols is 1. The molecule has 2 aliphatic rings. The molecule has 0 unspecified atom stereocenters. The van der Waals surface area contributed by atoms with Crippen LogP contribution in [-0.4, -0.2) is 24.6 Å². The number of rotatable bonds is 4. The van der Waals surface area contributed by atoms with Gasteiger partial charge in [0, 0.05) is 6.54 Å². The van der Waals surface area contributed by atoms with Crippen molar-refractivity contribution in [3.05, 3.63) is 73.9 Å². The zero-order chi connectivity index (χ0) is 21.8. The van der Waals surface area contributed by atoms with Crippen molar-refractivity contribution in [3.63, 3.8) is 0 Å². The van der Waals surface area contributed by atoms with Gasteiger partial charge in [-0.15, -0.1) is 0 Å². The molecule has 2 N–H and O–H groups in total. The van der Waals surface area contributed by atoms with Crippen LogP contribution in [0.15, 0.2) is 46.0 Å². The molecule has 0 saturated heterocycles. The van der Waals surface area contributed by atoms with E-state index >= 15 is 0 Å². The second-order valence-electron chi connectivity index (χ2n) is 7.00. The Balaban J connectivity index is 0.00000124. The first-order valence-electron chi connectivity index (χ1n) is 10.1. The summed E-state index contributed by atoms with van der Waals surface area (Å²) in [7, 11) is 0. The summed E-state index contributed by atoms with van der Waals surface area (Å²) >= 11 is 0. The minimum absolute atomic E-state index is 0.167. The second kappa shape index (κ2) is 8.90. The van der Waals surface area contributed by atoms with Gasteiger partial charge in [0.15, 0.2) is 11.5 Å². The van der Waals surface area contributed by atoms with Crippen LogP contribution in [0, 0.1) is 13.8 Å².